The molecule has 0 aliphatic heterocycles. The van der Waals surface area contributed by atoms with E-state index in [0.717, 1.165) is 0 Å². The van der Waals surface area contributed by atoms with Gasteiger partial charge in [-0.2, -0.15) is 0 Å². The molecule has 4 nitrogen and oxygen atoms in total. The number of benzene rings is 1. The molecule has 0 bridgehead atoms. The van der Waals surface area contributed by atoms with Crippen LogP contribution in [0.15, 0.2) is 30.3 Å². The minimum Gasteiger partial charge on any atom is -0.309 e. The van der Waals surface area contributed by atoms with E-state index in [1.807, 2.05) is 6.07 Å². The molecule has 18 heavy (non-hydrogen) atoms. The molecule has 0 radical (unpaired) electrons. The molecule has 1 aromatic rings. The van der Waals surface area contributed by atoms with Crippen molar-refractivity contribution < 1.29 is 18.4 Å². The molecule has 0 unspecified atom stereocenters. The molecule has 0 N–H and O–H groups in total. The number of ketones is 1. The first-order chi connectivity index (χ1) is 8.61. The Kier molecular flexibility index (Phi) is 6.27. The predicted molar refractivity (Wildman–Crippen MR) is 71.1 cm³/mol. The summed E-state index contributed by atoms with van der Waals surface area (Å²) in [6, 6.07) is 8.95. The van der Waals surface area contributed by atoms with Gasteiger partial charge in [0.25, 0.3) is 0 Å². The fourth-order valence-corrected chi connectivity index (χ4v) is 3.16. The second-order valence-electron chi connectivity index (χ2n) is 3.71. The van der Waals surface area contributed by atoms with Gasteiger partial charge in [0.15, 0.2) is 5.78 Å². The van der Waals surface area contributed by atoms with E-state index in [1.165, 1.54) is 0 Å². The number of Topliss-reactive ketones (excluding diaryl/α,β-unsaturated/α-hetero) is 1. The van der Waals surface area contributed by atoms with Crippen molar-refractivity contribution in [3.8, 4) is 0 Å². The van der Waals surface area contributed by atoms with E-state index < -0.39 is 7.60 Å². The number of carbonyl (C=O) groups is 1. The molecule has 0 saturated carbocycles. The van der Waals surface area contributed by atoms with Gasteiger partial charge in [-0.15, -0.1) is 0 Å². The maximum Gasteiger partial charge on any atom is 0.331 e. The quantitative estimate of drug-likeness (QED) is 0.535. The smallest absolute Gasteiger partial charge is 0.309 e. The molecule has 1 rings (SSSR count). The standard InChI is InChI=1S/C13H19O4P/c1-3-16-18(15,17-4-2)11-10-13(14)12-8-6-5-7-9-12/h5-9H,3-4,10-11H2,1-2H3. The van der Waals surface area contributed by atoms with Crippen molar-refractivity contribution in [3.05, 3.63) is 35.9 Å². The molecule has 0 aliphatic rings. The maximum absolute atomic E-state index is 12.2. The maximum atomic E-state index is 12.2. The highest BCUT2D eigenvalue weighted by Crippen LogP contribution is 2.48. The van der Waals surface area contributed by atoms with Gasteiger partial charge in [0.1, 0.15) is 0 Å². The molecule has 0 saturated heterocycles. The second-order valence-corrected chi connectivity index (χ2v) is 5.89. The zero-order valence-corrected chi connectivity index (χ0v) is 11.7. The minimum atomic E-state index is -3.11. The van der Waals surface area contributed by atoms with Crippen LogP contribution in [-0.2, 0) is 13.6 Å². The summed E-state index contributed by atoms with van der Waals surface area (Å²) in [6.07, 6.45) is 0.295. The van der Waals surface area contributed by atoms with E-state index in [2.05, 4.69) is 0 Å². The van der Waals surface area contributed by atoms with Crippen molar-refractivity contribution in [2.75, 3.05) is 19.4 Å². The molecule has 0 aromatic heterocycles. The van der Waals surface area contributed by atoms with Crippen LogP contribution in [0.3, 0.4) is 0 Å². The molecular formula is C13H19O4P. The monoisotopic (exact) mass is 270 g/mol. The predicted octanol–water partition coefficient (Wildman–Crippen LogP) is 3.53. The van der Waals surface area contributed by atoms with E-state index in [4.69, 9.17) is 9.05 Å². The van der Waals surface area contributed by atoms with Crippen molar-refractivity contribution in [1.82, 2.24) is 0 Å². The first-order valence-electron chi connectivity index (χ1n) is 6.07. The molecular weight excluding hydrogens is 251 g/mol. The highest BCUT2D eigenvalue weighted by Gasteiger charge is 2.24. The van der Waals surface area contributed by atoms with Crippen LogP contribution in [-0.4, -0.2) is 25.2 Å². The molecule has 1 aromatic carbocycles. The summed E-state index contributed by atoms with van der Waals surface area (Å²) in [7, 11) is -3.11. The highest BCUT2D eigenvalue weighted by atomic mass is 31.2. The van der Waals surface area contributed by atoms with Crippen LogP contribution in [0.4, 0.5) is 0 Å². The Labute approximate surface area is 108 Å². The fourth-order valence-electron chi connectivity index (χ4n) is 1.57. The first kappa shape index (κ1) is 15.1. The number of carbonyl (C=O) groups excluding carboxylic acids is 1. The van der Waals surface area contributed by atoms with Gasteiger partial charge < -0.3 is 9.05 Å². The number of hydrogen-bond acceptors (Lipinski definition) is 4. The van der Waals surface area contributed by atoms with Crippen molar-refractivity contribution in [2.24, 2.45) is 0 Å². The van der Waals surface area contributed by atoms with E-state index in [9.17, 15) is 9.36 Å². The van der Waals surface area contributed by atoms with Crippen molar-refractivity contribution >= 4 is 13.4 Å². The van der Waals surface area contributed by atoms with Crippen LogP contribution >= 0.6 is 7.60 Å². The van der Waals surface area contributed by atoms with Crippen LogP contribution in [0.2, 0.25) is 0 Å². The molecule has 0 spiro atoms. The summed E-state index contributed by atoms with van der Waals surface area (Å²) in [5.74, 6) is -0.0461. The van der Waals surface area contributed by atoms with Gasteiger partial charge in [0.05, 0.1) is 19.4 Å². The molecule has 0 heterocycles. The molecule has 0 atom stereocenters. The Hall–Kier alpha value is -0.960. The van der Waals surface area contributed by atoms with Gasteiger partial charge in [-0.1, -0.05) is 30.3 Å². The zero-order valence-electron chi connectivity index (χ0n) is 10.8. The Morgan fingerprint density at radius 1 is 1.11 bits per heavy atom. The molecule has 0 fully saturated rings. The van der Waals surface area contributed by atoms with Gasteiger partial charge in [-0.05, 0) is 13.8 Å². The average molecular weight is 270 g/mol. The van der Waals surface area contributed by atoms with Crippen LogP contribution in [0.5, 0.6) is 0 Å². The van der Waals surface area contributed by atoms with Crippen molar-refractivity contribution in [2.45, 2.75) is 20.3 Å². The summed E-state index contributed by atoms with van der Waals surface area (Å²) in [5.41, 5.74) is 0.622. The van der Waals surface area contributed by atoms with Gasteiger partial charge in [0.2, 0.25) is 0 Å². The largest absolute Gasteiger partial charge is 0.331 e. The molecule has 5 heteroatoms. The van der Waals surface area contributed by atoms with Crippen molar-refractivity contribution in [1.29, 1.82) is 0 Å². The Morgan fingerprint density at radius 2 is 1.67 bits per heavy atom. The Bertz CT molecular complexity index is 406. The average Bonchev–Trinajstić information content (AvgIpc) is 2.38. The number of hydrogen-bond donors (Lipinski definition) is 0. The lowest BCUT2D eigenvalue weighted by Gasteiger charge is -2.16. The van der Waals surface area contributed by atoms with Gasteiger partial charge in [0, 0.05) is 12.0 Å². The van der Waals surface area contributed by atoms with Crippen LogP contribution in [0.25, 0.3) is 0 Å². The minimum absolute atomic E-state index is 0.0461. The third-order valence-corrected chi connectivity index (χ3v) is 4.43. The second kappa shape index (κ2) is 7.47. The lowest BCUT2D eigenvalue weighted by molar-refractivity contribution is 0.0984. The van der Waals surface area contributed by atoms with Crippen LogP contribution < -0.4 is 0 Å². The molecule has 0 amide bonds. The van der Waals surface area contributed by atoms with Gasteiger partial charge >= 0.3 is 7.60 Å². The topological polar surface area (TPSA) is 52.6 Å². The lowest BCUT2D eigenvalue weighted by atomic mass is 10.1. The number of rotatable bonds is 8. The van der Waals surface area contributed by atoms with E-state index >= 15 is 0 Å². The zero-order chi connectivity index (χ0) is 13.4. The normalized spacial score (nSPS) is 11.4. The van der Waals surface area contributed by atoms with Gasteiger partial charge in [-0.25, -0.2) is 0 Å². The highest BCUT2D eigenvalue weighted by molar-refractivity contribution is 7.53. The summed E-state index contributed by atoms with van der Waals surface area (Å²) in [5, 5.41) is 0. The van der Waals surface area contributed by atoms with Gasteiger partial charge in [-0.3, -0.25) is 9.36 Å². The molecule has 0 aliphatic carbocycles. The lowest BCUT2D eigenvalue weighted by Crippen LogP contribution is -2.06. The summed E-state index contributed by atoms with van der Waals surface area (Å²) in [6.45, 7) is 4.14. The van der Waals surface area contributed by atoms with Crippen molar-refractivity contribution in [3.63, 3.8) is 0 Å². The van der Waals surface area contributed by atoms with E-state index in [0.29, 0.717) is 18.8 Å². The van der Waals surface area contributed by atoms with E-state index in [1.54, 1.807) is 38.1 Å². The summed E-state index contributed by atoms with van der Waals surface area (Å²) < 4.78 is 22.4. The summed E-state index contributed by atoms with van der Waals surface area (Å²) in [4.78, 5) is 11.9. The van der Waals surface area contributed by atoms with Crippen LogP contribution in [0, 0.1) is 0 Å². The Balaban J connectivity index is 2.58. The SMILES string of the molecule is CCOP(=O)(CCC(=O)c1ccccc1)OCC. The Morgan fingerprint density at radius 3 is 2.17 bits per heavy atom. The first-order valence-corrected chi connectivity index (χ1v) is 7.80. The third-order valence-electron chi connectivity index (χ3n) is 2.36. The third kappa shape index (κ3) is 4.73. The fraction of sp³-hybridized carbons (Fsp3) is 0.462. The van der Waals surface area contributed by atoms with E-state index in [-0.39, 0.29) is 18.4 Å². The molecule has 100 valence electrons. The van der Waals surface area contributed by atoms with Crippen LogP contribution in [0.1, 0.15) is 30.6 Å². The summed E-state index contributed by atoms with van der Waals surface area (Å²) >= 11 is 0.